The lowest BCUT2D eigenvalue weighted by Crippen LogP contribution is -2.49. The molecule has 3 aromatic heterocycles. The van der Waals surface area contributed by atoms with Gasteiger partial charge in [0, 0.05) is 45.3 Å². The molecular weight excluding hydrogens is 412 g/mol. The zero-order valence-corrected chi connectivity index (χ0v) is 18.4. The molecule has 0 radical (unpaired) electrons. The van der Waals surface area contributed by atoms with Crippen LogP contribution in [0.1, 0.15) is 30.3 Å². The molecular formula is C22H26N6O2S. The van der Waals surface area contributed by atoms with E-state index in [2.05, 4.69) is 38.1 Å². The van der Waals surface area contributed by atoms with Crippen LogP contribution in [0.3, 0.4) is 0 Å². The Bertz CT molecular complexity index is 1000. The SMILES string of the molecule is CC1CCN(c2ccc(N3CCN(C(=O)c4cc(-c5cccs5)on4)CC3)nn2)CC1. The standard InChI is InChI=1S/C22H26N6O2S/c1-16-6-8-26(9-7-16)20-4-5-21(24-23-20)27-10-12-28(13-11-27)22(29)17-15-18(30-25-17)19-3-2-14-31-19/h2-5,14-16H,6-13H2,1H3. The van der Waals surface area contributed by atoms with Gasteiger partial charge in [-0.05, 0) is 42.3 Å². The second-order valence-electron chi connectivity index (χ2n) is 8.25. The minimum atomic E-state index is -0.0908. The second-order valence-corrected chi connectivity index (χ2v) is 9.20. The third kappa shape index (κ3) is 4.27. The number of anilines is 2. The summed E-state index contributed by atoms with van der Waals surface area (Å²) in [4.78, 5) is 20.1. The molecule has 31 heavy (non-hydrogen) atoms. The van der Waals surface area contributed by atoms with Gasteiger partial charge in [0.1, 0.15) is 0 Å². The lowest BCUT2D eigenvalue weighted by molar-refractivity contribution is 0.0736. The predicted octanol–water partition coefficient (Wildman–Crippen LogP) is 3.39. The molecule has 9 heteroatoms. The number of piperidine rings is 1. The van der Waals surface area contributed by atoms with E-state index in [0.29, 0.717) is 24.5 Å². The van der Waals surface area contributed by atoms with E-state index in [9.17, 15) is 4.79 Å². The Hall–Kier alpha value is -2.94. The van der Waals surface area contributed by atoms with Crippen LogP contribution in [-0.2, 0) is 0 Å². The van der Waals surface area contributed by atoms with Crippen LogP contribution in [0.25, 0.3) is 10.6 Å². The molecule has 3 aromatic rings. The highest BCUT2D eigenvalue weighted by Crippen LogP contribution is 2.26. The number of hydrogen-bond donors (Lipinski definition) is 0. The Balaban J connectivity index is 1.17. The minimum Gasteiger partial charge on any atom is -0.355 e. The van der Waals surface area contributed by atoms with Crippen molar-refractivity contribution in [2.75, 3.05) is 49.1 Å². The molecule has 0 unspecified atom stereocenters. The molecule has 0 aromatic carbocycles. The van der Waals surface area contributed by atoms with Gasteiger partial charge in [-0.2, -0.15) is 0 Å². The van der Waals surface area contributed by atoms with Gasteiger partial charge in [-0.3, -0.25) is 4.79 Å². The molecule has 2 fully saturated rings. The number of carbonyl (C=O) groups is 1. The first-order valence-electron chi connectivity index (χ1n) is 10.8. The normalized spacial score (nSPS) is 17.9. The maximum Gasteiger partial charge on any atom is 0.276 e. The van der Waals surface area contributed by atoms with Gasteiger partial charge in [0.2, 0.25) is 0 Å². The quantitative estimate of drug-likeness (QED) is 0.618. The number of thiophene rings is 1. The monoisotopic (exact) mass is 438 g/mol. The Labute approximate surface area is 185 Å². The smallest absolute Gasteiger partial charge is 0.276 e. The molecule has 1 amide bonds. The summed E-state index contributed by atoms with van der Waals surface area (Å²) >= 11 is 1.56. The second kappa shape index (κ2) is 8.66. The molecule has 0 aliphatic carbocycles. The Morgan fingerprint density at radius 1 is 1.00 bits per heavy atom. The number of nitrogens with zero attached hydrogens (tertiary/aromatic N) is 6. The summed E-state index contributed by atoms with van der Waals surface area (Å²) < 4.78 is 5.36. The van der Waals surface area contributed by atoms with Crippen molar-refractivity contribution in [1.29, 1.82) is 0 Å². The summed E-state index contributed by atoms with van der Waals surface area (Å²) in [6, 6.07) is 9.74. The summed E-state index contributed by atoms with van der Waals surface area (Å²) in [6.07, 6.45) is 2.42. The number of amides is 1. The van der Waals surface area contributed by atoms with Gasteiger partial charge >= 0.3 is 0 Å². The number of rotatable bonds is 4. The van der Waals surface area contributed by atoms with E-state index in [-0.39, 0.29) is 5.91 Å². The molecule has 2 aliphatic rings. The summed E-state index contributed by atoms with van der Waals surface area (Å²) in [7, 11) is 0. The van der Waals surface area contributed by atoms with Crippen LogP contribution in [0.15, 0.2) is 40.2 Å². The summed E-state index contributed by atoms with van der Waals surface area (Å²) in [5.74, 6) is 3.16. The van der Waals surface area contributed by atoms with Gasteiger partial charge in [-0.25, -0.2) is 0 Å². The van der Waals surface area contributed by atoms with Crippen molar-refractivity contribution in [1.82, 2.24) is 20.3 Å². The fourth-order valence-corrected chi connectivity index (χ4v) is 4.78. The lowest BCUT2D eigenvalue weighted by Gasteiger charge is -2.35. The fourth-order valence-electron chi connectivity index (χ4n) is 4.10. The maximum atomic E-state index is 12.8. The molecule has 5 rings (SSSR count). The Morgan fingerprint density at radius 2 is 1.68 bits per heavy atom. The minimum absolute atomic E-state index is 0.0908. The zero-order valence-electron chi connectivity index (χ0n) is 17.6. The summed E-state index contributed by atoms with van der Waals surface area (Å²) in [6.45, 7) is 7.08. The molecule has 0 saturated carbocycles. The van der Waals surface area contributed by atoms with Crippen LogP contribution in [0.2, 0.25) is 0 Å². The van der Waals surface area contributed by atoms with Gasteiger partial charge in [0.05, 0.1) is 4.88 Å². The average molecular weight is 439 g/mol. The van der Waals surface area contributed by atoms with Crippen LogP contribution in [-0.4, -0.2) is 65.4 Å². The summed E-state index contributed by atoms with van der Waals surface area (Å²) in [5.41, 5.74) is 0.358. The molecule has 5 heterocycles. The summed E-state index contributed by atoms with van der Waals surface area (Å²) in [5, 5.41) is 14.9. The molecule has 162 valence electrons. The highest BCUT2D eigenvalue weighted by atomic mass is 32.1. The van der Waals surface area contributed by atoms with E-state index in [1.54, 1.807) is 17.4 Å². The van der Waals surface area contributed by atoms with Crippen LogP contribution in [0, 0.1) is 5.92 Å². The Morgan fingerprint density at radius 3 is 2.29 bits per heavy atom. The van der Waals surface area contributed by atoms with E-state index < -0.39 is 0 Å². The van der Waals surface area contributed by atoms with Gasteiger partial charge in [0.25, 0.3) is 5.91 Å². The van der Waals surface area contributed by atoms with Crippen molar-refractivity contribution < 1.29 is 9.32 Å². The third-order valence-corrected chi connectivity index (χ3v) is 7.01. The highest BCUT2D eigenvalue weighted by Gasteiger charge is 2.26. The molecule has 0 spiro atoms. The largest absolute Gasteiger partial charge is 0.355 e. The number of aromatic nitrogens is 3. The molecule has 2 aliphatic heterocycles. The van der Waals surface area contributed by atoms with Crippen LogP contribution < -0.4 is 9.80 Å². The van der Waals surface area contributed by atoms with E-state index in [0.717, 1.165) is 48.6 Å². The van der Waals surface area contributed by atoms with Gasteiger partial charge in [0.15, 0.2) is 23.1 Å². The molecule has 0 bridgehead atoms. The zero-order chi connectivity index (χ0) is 21.2. The van der Waals surface area contributed by atoms with E-state index in [1.165, 1.54) is 12.8 Å². The van der Waals surface area contributed by atoms with Crippen LogP contribution >= 0.6 is 11.3 Å². The van der Waals surface area contributed by atoms with E-state index >= 15 is 0 Å². The fraction of sp³-hybridized carbons (Fsp3) is 0.455. The first-order valence-corrected chi connectivity index (χ1v) is 11.7. The van der Waals surface area contributed by atoms with Gasteiger partial charge in [-0.15, -0.1) is 21.5 Å². The van der Waals surface area contributed by atoms with E-state index in [4.69, 9.17) is 4.52 Å². The van der Waals surface area contributed by atoms with Crippen LogP contribution in [0.4, 0.5) is 11.6 Å². The van der Waals surface area contributed by atoms with Crippen LogP contribution in [0.5, 0.6) is 0 Å². The van der Waals surface area contributed by atoms with Crippen molar-refractivity contribution in [2.24, 2.45) is 5.92 Å². The first kappa shape index (κ1) is 20.0. The van der Waals surface area contributed by atoms with Crippen molar-refractivity contribution in [3.05, 3.63) is 41.4 Å². The number of piperazine rings is 1. The van der Waals surface area contributed by atoms with Gasteiger partial charge < -0.3 is 19.2 Å². The average Bonchev–Trinajstić information content (AvgIpc) is 3.52. The van der Waals surface area contributed by atoms with Crippen molar-refractivity contribution in [3.63, 3.8) is 0 Å². The van der Waals surface area contributed by atoms with Gasteiger partial charge in [-0.1, -0.05) is 18.1 Å². The van der Waals surface area contributed by atoms with Crippen molar-refractivity contribution in [2.45, 2.75) is 19.8 Å². The first-order chi connectivity index (χ1) is 15.2. The molecule has 0 atom stereocenters. The molecule has 8 nitrogen and oxygen atoms in total. The molecule has 2 saturated heterocycles. The van der Waals surface area contributed by atoms with Crippen molar-refractivity contribution in [3.8, 4) is 10.6 Å². The number of hydrogen-bond acceptors (Lipinski definition) is 8. The third-order valence-electron chi connectivity index (χ3n) is 6.13. The topological polar surface area (TPSA) is 78.6 Å². The molecule has 0 N–H and O–H groups in total. The predicted molar refractivity (Wildman–Crippen MR) is 121 cm³/mol. The van der Waals surface area contributed by atoms with Crippen molar-refractivity contribution >= 4 is 28.9 Å². The highest BCUT2D eigenvalue weighted by molar-refractivity contribution is 7.13. The van der Waals surface area contributed by atoms with E-state index in [1.807, 2.05) is 28.5 Å². The Kier molecular flexibility index (Phi) is 5.59. The maximum absolute atomic E-state index is 12.8. The number of carbonyl (C=O) groups excluding carboxylic acids is 1. The lowest BCUT2D eigenvalue weighted by atomic mass is 9.99.